The maximum absolute atomic E-state index is 5.92. The lowest BCUT2D eigenvalue weighted by atomic mass is 10.1. The Balaban J connectivity index is 2.25. The van der Waals surface area contributed by atoms with E-state index in [9.17, 15) is 0 Å². The van der Waals surface area contributed by atoms with Gasteiger partial charge in [-0.25, -0.2) is 0 Å². The smallest absolute Gasteiger partial charge is 0.119 e. The van der Waals surface area contributed by atoms with Crippen molar-refractivity contribution in [1.82, 2.24) is 0 Å². The highest BCUT2D eigenvalue weighted by Gasteiger charge is 2.14. The van der Waals surface area contributed by atoms with Gasteiger partial charge in [-0.15, -0.1) is 0 Å². The number of benzene rings is 2. The number of methoxy groups -OCH3 is 1. The summed E-state index contributed by atoms with van der Waals surface area (Å²) in [5, 5.41) is 3.45. The molecule has 2 aromatic rings. The van der Waals surface area contributed by atoms with E-state index in [-0.39, 0.29) is 6.04 Å². The minimum atomic E-state index is 0.0298. The molecular formula is C16H19BrN2O. The van der Waals surface area contributed by atoms with Crippen molar-refractivity contribution in [3.05, 3.63) is 58.1 Å². The number of hydrogen-bond acceptors (Lipinski definition) is 3. The van der Waals surface area contributed by atoms with Crippen LogP contribution in [0.5, 0.6) is 5.75 Å². The Morgan fingerprint density at radius 1 is 1.20 bits per heavy atom. The SMILES string of the molecule is COc1ccc(Br)c(C(CN)Nc2ccc(C)cc2)c1. The van der Waals surface area contributed by atoms with E-state index in [4.69, 9.17) is 10.5 Å². The quantitative estimate of drug-likeness (QED) is 0.872. The van der Waals surface area contributed by atoms with Gasteiger partial charge in [0.2, 0.25) is 0 Å². The van der Waals surface area contributed by atoms with Gasteiger partial charge in [-0.3, -0.25) is 0 Å². The van der Waals surface area contributed by atoms with Crippen LogP contribution in [0.2, 0.25) is 0 Å². The van der Waals surface area contributed by atoms with Gasteiger partial charge >= 0.3 is 0 Å². The van der Waals surface area contributed by atoms with Crippen LogP contribution in [0.25, 0.3) is 0 Å². The third-order valence-corrected chi connectivity index (χ3v) is 3.93. The Morgan fingerprint density at radius 2 is 1.90 bits per heavy atom. The van der Waals surface area contributed by atoms with Gasteiger partial charge in [0.15, 0.2) is 0 Å². The summed E-state index contributed by atoms with van der Waals surface area (Å²) >= 11 is 3.57. The summed E-state index contributed by atoms with van der Waals surface area (Å²) in [5.41, 5.74) is 9.30. The predicted octanol–water partition coefficient (Wildman–Crippen LogP) is 3.88. The molecule has 0 aliphatic rings. The van der Waals surface area contributed by atoms with Gasteiger partial charge < -0.3 is 15.8 Å². The van der Waals surface area contributed by atoms with Crippen LogP contribution in [-0.2, 0) is 0 Å². The van der Waals surface area contributed by atoms with Crippen LogP contribution < -0.4 is 15.8 Å². The molecule has 0 heterocycles. The first kappa shape index (κ1) is 14.9. The van der Waals surface area contributed by atoms with Gasteiger partial charge in [-0.05, 0) is 42.8 Å². The molecule has 0 saturated carbocycles. The average Bonchev–Trinajstić information content (AvgIpc) is 2.47. The molecule has 0 spiro atoms. The number of rotatable bonds is 5. The molecule has 0 radical (unpaired) electrons. The van der Waals surface area contributed by atoms with E-state index in [1.807, 2.05) is 18.2 Å². The lowest BCUT2D eigenvalue weighted by Gasteiger charge is -2.20. The van der Waals surface area contributed by atoms with Crippen LogP contribution in [-0.4, -0.2) is 13.7 Å². The van der Waals surface area contributed by atoms with Gasteiger partial charge in [0, 0.05) is 16.7 Å². The van der Waals surface area contributed by atoms with Crippen LogP contribution in [0, 0.1) is 6.92 Å². The summed E-state index contributed by atoms with van der Waals surface area (Å²) in [4.78, 5) is 0. The minimum absolute atomic E-state index is 0.0298. The summed E-state index contributed by atoms with van der Waals surface area (Å²) in [7, 11) is 1.66. The van der Waals surface area contributed by atoms with Crippen molar-refractivity contribution < 1.29 is 4.74 Å². The molecule has 0 fully saturated rings. The minimum Gasteiger partial charge on any atom is -0.497 e. The molecule has 20 heavy (non-hydrogen) atoms. The van der Waals surface area contributed by atoms with Crippen molar-refractivity contribution in [2.24, 2.45) is 5.73 Å². The first-order chi connectivity index (χ1) is 9.63. The van der Waals surface area contributed by atoms with Crippen LogP contribution in [0.15, 0.2) is 46.9 Å². The van der Waals surface area contributed by atoms with Gasteiger partial charge in [0.1, 0.15) is 5.75 Å². The fourth-order valence-corrected chi connectivity index (χ4v) is 2.55. The number of aryl methyl sites for hydroxylation is 1. The second kappa shape index (κ2) is 6.77. The van der Waals surface area contributed by atoms with E-state index >= 15 is 0 Å². The summed E-state index contributed by atoms with van der Waals surface area (Å²) < 4.78 is 6.30. The lowest BCUT2D eigenvalue weighted by Crippen LogP contribution is -2.21. The molecule has 0 aliphatic heterocycles. The molecule has 0 aliphatic carbocycles. The summed E-state index contributed by atoms with van der Waals surface area (Å²) in [6.45, 7) is 2.57. The molecule has 3 nitrogen and oxygen atoms in total. The van der Waals surface area contributed by atoms with Gasteiger partial charge in [0.25, 0.3) is 0 Å². The standard InChI is InChI=1S/C16H19BrN2O/c1-11-3-5-12(6-4-11)19-16(10-18)14-9-13(20-2)7-8-15(14)17/h3-9,16,19H,10,18H2,1-2H3. The number of nitrogens with two attached hydrogens (primary N) is 1. The number of hydrogen-bond donors (Lipinski definition) is 2. The molecular weight excluding hydrogens is 316 g/mol. The first-order valence-electron chi connectivity index (χ1n) is 6.50. The second-order valence-corrected chi connectivity index (χ2v) is 5.54. The van der Waals surface area contributed by atoms with E-state index in [2.05, 4.69) is 52.4 Å². The molecule has 2 rings (SSSR count). The van der Waals surface area contributed by atoms with Crippen molar-refractivity contribution in [2.45, 2.75) is 13.0 Å². The van der Waals surface area contributed by atoms with E-state index in [1.165, 1.54) is 5.56 Å². The molecule has 4 heteroatoms. The van der Waals surface area contributed by atoms with E-state index < -0.39 is 0 Å². The van der Waals surface area contributed by atoms with Gasteiger partial charge in [-0.2, -0.15) is 0 Å². The van der Waals surface area contributed by atoms with E-state index in [0.29, 0.717) is 6.54 Å². The maximum atomic E-state index is 5.92. The predicted molar refractivity (Wildman–Crippen MR) is 87.3 cm³/mol. The summed E-state index contributed by atoms with van der Waals surface area (Å²) in [5.74, 6) is 0.826. The number of halogens is 1. The molecule has 0 amide bonds. The number of ether oxygens (including phenoxy) is 1. The molecule has 0 aromatic heterocycles. The second-order valence-electron chi connectivity index (χ2n) is 4.69. The topological polar surface area (TPSA) is 47.3 Å². The summed E-state index contributed by atoms with van der Waals surface area (Å²) in [6.07, 6.45) is 0. The van der Waals surface area contributed by atoms with Crippen LogP contribution in [0.1, 0.15) is 17.2 Å². The third-order valence-electron chi connectivity index (χ3n) is 3.21. The largest absolute Gasteiger partial charge is 0.497 e. The molecule has 1 unspecified atom stereocenters. The zero-order valence-electron chi connectivity index (χ0n) is 11.7. The van der Waals surface area contributed by atoms with Crippen molar-refractivity contribution >= 4 is 21.6 Å². The molecule has 0 bridgehead atoms. The molecule has 0 saturated heterocycles. The Bertz CT molecular complexity index is 569. The van der Waals surface area contributed by atoms with Crippen LogP contribution in [0.4, 0.5) is 5.69 Å². The number of anilines is 1. The fraction of sp³-hybridized carbons (Fsp3) is 0.250. The first-order valence-corrected chi connectivity index (χ1v) is 7.30. The van der Waals surface area contributed by atoms with Crippen molar-refractivity contribution in [2.75, 3.05) is 19.0 Å². The molecule has 1 atom stereocenters. The Morgan fingerprint density at radius 3 is 2.50 bits per heavy atom. The third kappa shape index (κ3) is 3.52. The average molecular weight is 335 g/mol. The maximum Gasteiger partial charge on any atom is 0.119 e. The fourth-order valence-electron chi connectivity index (χ4n) is 2.03. The normalized spacial score (nSPS) is 12.0. The monoisotopic (exact) mass is 334 g/mol. The van der Waals surface area contributed by atoms with E-state index in [1.54, 1.807) is 7.11 Å². The highest BCUT2D eigenvalue weighted by molar-refractivity contribution is 9.10. The van der Waals surface area contributed by atoms with Crippen molar-refractivity contribution in [3.8, 4) is 5.75 Å². The van der Waals surface area contributed by atoms with Gasteiger partial charge in [-0.1, -0.05) is 33.6 Å². The Labute approximate surface area is 128 Å². The highest BCUT2D eigenvalue weighted by Crippen LogP contribution is 2.29. The summed E-state index contributed by atoms with van der Waals surface area (Å²) in [6, 6.07) is 14.2. The Hall–Kier alpha value is -1.52. The molecule has 2 aromatic carbocycles. The Kier molecular flexibility index (Phi) is 5.04. The number of nitrogens with one attached hydrogen (secondary N) is 1. The molecule has 3 N–H and O–H groups in total. The van der Waals surface area contributed by atoms with Crippen LogP contribution >= 0.6 is 15.9 Å². The molecule has 106 valence electrons. The van der Waals surface area contributed by atoms with E-state index in [0.717, 1.165) is 21.5 Å². The van der Waals surface area contributed by atoms with Crippen molar-refractivity contribution in [1.29, 1.82) is 0 Å². The van der Waals surface area contributed by atoms with Crippen molar-refractivity contribution in [3.63, 3.8) is 0 Å². The lowest BCUT2D eigenvalue weighted by molar-refractivity contribution is 0.414. The zero-order valence-corrected chi connectivity index (χ0v) is 13.3. The van der Waals surface area contributed by atoms with Crippen LogP contribution in [0.3, 0.4) is 0 Å². The van der Waals surface area contributed by atoms with Gasteiger partial charge in [0.05, 0.1) is 13.2 Å². The highest BCUT2D eigenvalue weighted by atomic mass is 79.9. The zero-order chi connectivity index (χ0) is 14.5.